The molecule has 3 heterocycles. The van der Waals surface area contributed by atoms with Crippen LogP contribution in [0.15, 0.2) is 36.9 Å². The molecule has 0 bridgehead atoms. The first-order valence-electron chi connectivity index (χ1n) is 7.96. The van der Waals surface area contributed by atoms with E-state index in [0.717, 1.165) is 37.4 Å². The largest absolute Gasteiger partial charge is 0.348 e. The number of nitrogens with zero attached hydrogens (tertiary/aromatic N) is 4. The summed E-state index contributed by atoms with van der Waals surface area (Å²) in [7, 11) is 0. The Morgan fingerprint density at radius 3 is 2.52 bits per heavy atom. The zero-order chi connectivity index (χ0) is 16.1. The Balaban J connectivity index is 1.57. The van der Waals surface area contributed by atoms with Crippen molar-refractivity contribution in [1.82, 2.24) is 20.3 Å². The first kappa shape index (κ1) is 15.4. The third-order valence-corrected chi connectivity index (χ3v) is 4.17. The van der Waals surface area contributed by atoms with Gasteiger partial charge in [0, 0.05) is 44.4 Å². The third kappa shape index (κ3) is 4.03. The summed E-state index contributed by atoms with van der Waals surface area (Å²) in [5.41, 5.74) is 1.49. The number of carbonyl (C=O) groups is 1. The Bertz CT molecular complexity index is 636. The molecular weight excluding hydrogens is 290 g/mol. The van der Waals surface area contributed by atoms with Crippen LogP contribution in [0.3, 0.4) is 0 Å². The average Bonchev–Trinajstić information content (AvgIpc) is 2.61. The SMILES string of the molecule is CC1CCN(c2ncc(C(=O)NCc3ccncc3)cn2)CC1. The molecule has 2 aromatic rings. The molecule has 0 unspecified atom stereocenters. The summed E-state index contributed by atoms with van der Waals surface area (Å²) in [5.74, 6) is 1.31. The van der Waals surface area contributed by atoms with Gasteiger partial charge in [-0.05, 0) is 36.5 Å². The molecule has 23 heavy (non-hydrogen) atoms. The molecule has 0 spiro atoms. The normalized spacial score (nSPS) is 15.4. The zero-order valence-corrected chi connectivity index (χ0v) is 13.3. The number of hydrogen-bond acceptors (Lipinski definition) is 5. The van der Waals surface area contributed by atoms with Crippen molar-refractivity contribution < 1.29 is 4.79 Å². The van der Waals surface area contributed by atoms with Crippen molar-refractivity contribution in [2.75, 3.05) is 18.0 Å². The van der Waals surface area contributed by atoms with E-state index in [1.807, 2.05) is 12.1 Å². The number of nitrogens with one attached hydrogen (secondary N) is 1. The minimum atomic E-state index is -0.166. The number of hydrogen-bond donors (Lipinski definition) is 1. The number of pyridine rings is 1. The molecule has 0 saturated carbocycles. The van der Waals surface area contributed by atoms with Crippen LogP contribution in [0.1, 0.15) is 35.7 Å². The van der Waals surface area contributed by atoms with Crippen molar-refractivity contribution in [3.8, 4) is 0 Å². The van der Waals surface area contributed by atoms with Crippen LogP contribution in [0.4, 0.5) is 5.95 Å². The number of amides is 1. The minimum absolute atomic E-state index is 0.166. The highest BCUT2D eigenvalue weighted by atomic mass is 16.1. The molecule has 2 aromatic heterocycles. The van der Waals surface area contributed by atoms with E-state index in [1.54, 1.807) is 24.8 Å². The van der Waals surface area contributed by atoms with E-state index in [4.69, 9.17) is 0 Å². The Kier molecular flexibility index (Phi) is 4.80. The second kappa shape index (κ2) is 7.17. The fraction of sp³-hybridized carbons (Fsp3) is 0.412. The monoisotopic (exact) mass is 311 g/mol. The Hall–Kier alpha value is -2.50. The van der Waals surface area contributed by atoms with E-state index in [1.165, 1.54) is 0 Å². The first-order chi connectivity index (χ1) is 11.2. The summed E-state index contributed by atoms with van der Waals surface area (Å²) < 4.78 is 0. The molecule has 0 atom stereocenters. The van der Waals surface area contributed by atoms with Crippen LogP contribution in [-0.2, 0) is 6.54 Å². The van der Waals surface area contributed by atoms with Gasteiger partial charge in [0.2, 0.25) is 5.95 Å². The molecular formula is C17H21N5O. The van der Waals surface area contributed by atoms with Gasteiger partial charge in [-0.25, -0.2) is 9.97 Å². The van der Waals surface area contributed by atoms with Crippen LogP contribution in [0, 0.1) is 5.92 Å². The number of aromatic nitrogens is 3. The van der Waals surface area contributed by atoms with Gasteiger partial charge < -0.3 is 10.2 Å². The van der Waals surface area contributed by atoms with Crippen LogP contribution in [-0.4, -0.2) is 33.9 Å². The van der Waals surface area contributed by atoms with Crippen molar-refractivity contribution in [1.29, 1.82) is 0 Å². The van der Waals surface area contributed by atoms with Crippen molar-refractivity contribution >= 4 is 11.9 Å². The molecule has 0 aliphatic carbocycles. The topological polar surface area (TPSA) is 71.0 Å². The van der Waals surface area contributed by atoms with Gasteiger partial charge >= 0.3 is 0 Å². The second-order valence-corrected chi connectivity index (χ2v) is 5.98. The van der Waals surface area contributed by atoms with Crippen LogP contribution in [0.25, 0.3) is 0 Å². The second-order valence-electron chi connectivity index (χ2n) is 5.98. The van der Waals surface area contributed by atoms with E-state index < -0.39 is 0 Å². The Labute approximate surface area is 136 Å². The predicted molar refractivity (Wildman–Crippen MR) is 88.1 cm³/mol. The van der Waals surface area contributed by atoms with Gasteiger partial charge in [-0.2, -0.15) is 0 Å². The third-order valence-electron chi connectivity index (χ3n) is 4.17. The van der Waals surface area contributed by atoms with E-state index >= 15 is 0 Å². The predicted octanol–water partition coefficient (Wildman–Crippen LogP) is 2.04. The van der Waals surface area contributed by atoms with Crippen LogP contribution in [0.2, 0.25) is 0 Å². The van der Waals surface area contributed by atoms with E-state index in [9.17, 15) is 4.79 Å². The fourth-order valence-electron chi connectivity index (χ4n) is 2.60. The van der Waals surface area contributed by atoms with Crippen LogP contribution in [0.5, 0.6) is 0 Å². The Morgan fingerprint density at radius 1 is 1.22 bits per heavy atom. The summed E-state index contributed by atoms with van der Waals surface area (Å²) in [6.07, 6.45) is 8.94. The highest BCUT2D eigenvalue weighted by Gasteiger charge is 2.18. The molecule has 1 fully saturated rings. The maximum atomic E-state index is 12.1. The van der Waals surface area contributed by atoms with E-state index in [-0.39, 0.29) is 5.91 Å². The van der Waals surface area contributed by atoms with Crippen molar-refractivity contribution in [3.63, 3.8) is 0 Å². The summed E-state index contributed by atoms with van der Waals surface area (Å²) >= 11 is 0. The van der Waals surface area contributed by atoms with Crippen molar-refractivity contribution in [2.45, 2.75) is 26.3 Å². The maximum Gasteiger partial charge on any atom is 0.254 e. The minimum Gasteiger partial charge on any atom is -0.348 e. The first-order valence-corrected chi connectivity index (χ1v) is 7.96. The lowest BCUT2D eigenvalue weighted by Crippen LogP contribution is -2.34. The lowest BCUT2D eigenvalue weighted by Gasteiger charge is -2.30. The number of rotatable bonds is 4. The quantitative estimate of drug-likeness (QED) is 0.935. The van der Waals surface area contributed by atoms with Crippen molar-refractivity contribution in [3.05, 3.63) is 48.0 Å². The highest BCUT2D eigenvalue weighted by molar-refractivity contribution is 5.93. The average molecular weight is 311 g/mol. The summed E-state index contributed by atoms with van der Waals surface area (Å²) in [6, 6.07) is 3.74. The molecule has 0 aromatic carbocycles. The van der Waals surface area contributed by atoms with Crippen molar-refractivity contribution in [2.24, 2.45) is 5.92 Å². The van der Waals surface area contributed by atoms with Gasteiger partial charge in [0.25, 0.3) is 5.91 Å². The molecule has 1 saturated heterocycles. The summed E-state index contributed by atoms with van der Waals surface area (Å²) in [4.78, 5) is 27.0. The molecule has 1 aliphatic rings. The molecule has 6 heteroatoms. The van der Waals surface area contributed by atoms with Gasteiger partial charge in [0.05, 0.1) is 5.56 Å². The lowest BCUT2D eigenvalue weighted by molar-refractivity contribution is 0.0950. The number of piperidine rings is 1. The lowest BCUT2D eigenvalue weighted by atomic mass is 10.00. The zero-order valence-electron chi connectivity index (χ0n) is 13.3. The van der Waals surface area contributed by atoms with Gasteiger partial charge in [0.1, 0.15) is 0 Å². The maximum absolute atomic E-state index is 12.1. The molecule has 3 rings (SSSR count). The smallest absolute Gasteiger partial charge is 0.254 e. The Morgan fingerprint density at radius 2 is 1.87 bits per heavy atom. The standard InChI is InChI=1S/C17H21N5O/c1-13-4-8-22(9-5-13)17-20-11-15(12-21-17)16(23)19-10-14-2-6-18-7-3-14/h2-3,6-7,11-13H,4-5,8-10H2,1H3,(H,19,23). The molecule has 1 N–H and O–H groups in total. The molecule has 120 valence electrons. The highest BCUT2D eigenvalue weighted by Crippen LogP contribution is 2.19. The number of carbonyl (C=O) groups excluding carboxylic acids is 1. The van der Waals surface area contributed by atoms with Gasteiger partial charge in [-0.3, -0.25) is 9.78 Å². The molecule has 0 radical (unpaired) electrons. The molecule has 1 amide bonds. The van der Waals surface area contributed by atoms with E-state index in [2.05, 4.69) is 32.1 Å². The fourth-order valence-corrected chi connectivity index (χ4v) is 2.60. The van der Waals surface area contributed by atoms with E-state index in [0.29, 0.717) is 18.1 Å². The number of anilines is 1. The summed E-state index contributed by atoms with van der Waals surface area (Å²) in [6.45, 7) is 4.70. The molecule has 1 aliphatic heterocycles. The van der Waals surface area contributed by atoms with Gasteiger partial charge in [-0.15, -0.1) is 0 Å². The van der Waals surface area contributed by atoms with Crippen LogP contribution < -0.4 is 10.2 Å². The van der Waals surface area contributed by atoms with Gasteiger partial charge in [0.15, 0.2) is 0 Å². The van der Waals surface area contributed by atoms with Gasteiger partial charge in [-0.1, -0.05) is 6.92 Å². The summed E-state index contributed by atoms with van der Waals surface area (Å²) in [5, 5.41) is 2.86. The molecule has 6 nitrogen and oxygen atoms in total. The van der Waals surface area contributed by atoms with Crippen LogP contribution >= 0.6 is 0 Å².